The van der Waals surface area contributed by atoms with E-state index in [-0.39, 0.29) is 17.0 Å². The SMILES string of the molecule is CS(=O)(=O)C1CC(Nc2ccc(Cl)cc2[N+](=O)[O-])C1. The van der Waals surface area contributed by atoms with Gasteiger partial charge in [0, 0.05) is 23.4 Å². The minimum Gasteiger partial charge on any atom is -0.377 e. The van der Waals surface area contributed by atoms with E-state index < -0.39 is 14.8 Å². The average molecular weight is 305 g/mol. The second-order valence-corrected chi connectivity index (χ2v) is 7.44. The number of benzene rings is 1. The third-order valence-corrected chi connectivity index (χ3v) is 5.05. The highest BCUT2D eigenvalue weighted by atomic mass is 35.5. The van der Waals surface area contributed by atoms with E-state index in [0.717, 1.165) is 0 Å². The van der Waals surface area contributed by atoms with Gasteiger partial charge in [0.05, 0.1) is 10.2 Å². The van der Waals surface area contributed by atoms with Crippen LogP contribution in [0.2, 0.25) is 5.02 Å². The van der Waals surface area contributed by atoms with Gasteiger partial charge in [-0.15, -0.1) is 0 Å². The van der Waals surface area contributed by atoms with Crippen LogP contribution in [-0.2, 0) is 9.84 Å². The highest BCUT2D eigenvalue weighted by Crippen LogP contribution is 2.33. The lowest BCUT2D eigenvalue weighted by molar-refractivity contribution is -0.384. The lowest BCUT2D eigenvalue weighted by Gasteiger charge is -2.34. The molecule has 1 aliphatic rings. The molecule has 1 saturated carbocycles. The second-order valence-electron chi connectivity index (χ2n) is 4.68. The van der Waals surface area contributed by atoms with Crippen molar-refractivity contribution in [3.05, 3.63) is 33.3 Å². The number of nitro groups is 1. The number of nitrogens with one attached hydrogen (secondary N) is 1. The Labute approximate surface area is 115 Å². The van der Waals surface area contributed by atoms with Crippen molar-refractivity contribution in [1.82, 2.24) is 0 Å². The van der Waals surface area contributed by atoms with Gasteiger partial charge in [0.2, 0.25) is 0 Å². The third-order valence-electron chi connectivity index (χ3n) is 3.22. The van der Waals surface area contributed by atoms with Crippen LogP contribution in [0.15, 0.2) is 18.2 Å². The molecule has 0 unspecified atom stereocenters. The second kappa shape index (κ2) is 4.97. The minimum absolute atomic E-state index is 0.0559. The standard InChI is InChI=1S/C11H13ClN2O4S/c1-19(17,18)9-5-8(6-9)13-10-3-2-7(12)4-11(10)14(15)16/h2-4,8-9,13H,5-6H2,1H3. The number of nitrogens with zero attached hydrogens (tertiary/aromatic N) is 1. The van der Waals surface area contributed by atoms with Crippen LogP contribution in [0.1, 0.15) is 12.8 Å². The molecule has 0 bridgehead atoms. The maximum atomic E-state index is 11.3. The van der Waals surface area contributed by atoms with Gasteiger partial charge >= 0.3 is 0 Å². The molecular weight excluding hydrogens is 292 g/mol. The van der Waals surface area contributed by atoms with Crippen molar-refractivity contribution in [3.8, 4) is 0 Å². The normalized spacial score (nSPS) is 22.6. The fourth-order valence-electron chi connectivity index (χ4n) is 2.03. The molecule has 2 rings (SSSR count). The molecule has 0 aliphatic heterocycles. The quantitative estimate of drug-likeness (QED) is 0.680. The monoisotopic (exact) mass is 304 g/mol. The number of nitro benzene ring substituents is 1. The summed E-state index contributed by atoms with van der Waals surface area (Å²) in [6, 6.07) is 4.31. The maximum absolute atomic E-state index is 11.3. The zero-order valence-electron chi connectivity index (χ0n) is 10.2. The largest absolute Gasteiger partial charge is 0.377 e. The van der Waals surface area contributed by atoms with Crippen molar-refractivity contribution in [2.45, 2.75) is 24.1 Å². The zero-order chi connectivity index (χ0) is 14.2. The molecule has 1 aromatic carbocycles. The molecule has 0 atom stereocenters. The third kappa shape index (κ3) is 3.16. The molecule has 0 amide bonds. The van der Waals surface area contributed by atoms with Gasteiger partial charge in [-0.05, 0) is 25.0 Å². The van der Waals surface area contributed by atoms with Crippen molar-refractivity contribution in [1.29, 1.82) is 0 Å². The van der Waals surface area contributed by atoms with Crippen LogP contribution < -0.4 is 5.32 Å². The number of hydrogen-bond donors (Lipinski definition) is 1. The van der Waals surface area contributed by atoms with Gasteiger partial charge in [-0.2, -0.15) is 0 Å². The van der Waals surface area contributed by atoms with E-state index in [0.29, 0.717) is 23.6 Å². The summed E-state index contributed by atoms with van der Waals surface area (Å²) in [5.41, 5.74) is 0.265. The summed E-state index contributed by atoms with van der Waals surface area (Å²) in [4.78, 5) is 10.4. The molecule has 0 radical (unpaired) electrons. The Morgan fingerprint density at radius 3 is 2.58 bits per heavy atom. The summed E-state index contributed by atoms with van der Waals surface area (Å²) in [6.45, 7) is 0. The van der Waals surface area contributed by atoms with Gasteiger partial charge in [0.15, 0.2) is 0 Å². The van der Waals surface area contributed by atoms with Gasteiger partial charge in [0.25, 0.3) is 5.69 Å². The predicted molar refractivity (Wildman–Crippen MR) is 73.4 cm³/mol. The van der Waals surface area contributed by atoms with Gasteiger partial charge in [-0.25, -0.2) is 8.42 Å². The van der Waals surface area contributed by atoms with Crippen LogP contribution in [0, 0.1) is 10.1 Å². The number of halogens is 1. The van der Waals surface area contributed by atoms with Crippen molar-refractivity contribution in [2.75, 3.05) is 11.6 Å². The molecule has 0 aromatic heterocycles. The predicted octanol–water partition coefficient (Wildman–Crippen LogP) is 2.24. The van der Waals surface area contributed by atoms with Crippen LogP contribution in [0.3, 0.4) is 0 Å². The first-order valence-electron chi connectivity index (χ1n) is 5.66. The molecular formula is C11H13ClN2O4S. The molecule has 0 heterocycles. The molecule has 1 aliphatic carbocycles. The lowest BCUT2D eigenvalue weighted by atomic mass is 9.92. The minimum atomic E-state index is -3.02. The van der Waals surface area contributed by atoms with Crippen LogP contribution >= 0.6 is 11.6 Å². The molecule has 8 heteroatoms. The van der Waals surface area contributed by atoms with E-state index in [1.54, 1.807) is 6.07 Å². The first kappa shape index (κ1) is 14.1. The van der Waals surface area contributed by atoms with E-state index in [1.807, 2.05) is 0 Å². The molecule has 6 nitrogen and oxygen atoms in total. The van der Waals surface area contributed by atoms with Gasteiger partial charge in [-0.3, -0.25) is 10.1 Å². The number of rotatable bonds is 4. The van der Waals surface area contributed by atoms with Crippen LogP contribution in [0.25, 0.3) is 0 Å². The number of hydrogen-bond acceptors (Lipinski definition) is 5. The summed E-state index contributed by atoms with van der Waals surface area (Å²) in [5, 5.41) is 13.8. The zero-order valence-corrected chi connectivity index (χ0v) is 11.7. The van der Waals surface area contributed by atoms with Crippen molar-refractivity contribution in [2.24, 2.45) is 0 Å². The fraction of sp³-hybridized carbons (Fsp3) is 0.455. The molecule has 19 heavy (non-hydrogen) atoms. The van der Waals surface area contributed by atoms with Crippen molar-refractivity contribution in [3.63, 3.8) is 0 Å². The average Bonchev–Trinajstić information content (AvgIpc) is 2.22. The Hall–Kier alpha value is -1.34. The maximum Gasteiger partial charge on any atom is 0.293 e. The molecule has 1 fully saturated rings. The summed E-state index contributed by atoms with van der Waals surface area (Å²) in [7, 11) is -3.02. The van der Waals surface area contributed by atoms with Crippen LogP contribution in [0.5, 0.6) is 0 Å². The topological polar surface area (TPSA) is 89.3 Å². The molecule has 104 valence electrons. The molecule has 1 aromatic rings. The fourth-order valence-corrected chi connectivity index (χ4v) is 3.36. The molecule has 0 saturated heterocycles. The first-order valence-corrected chi connectivity index (χ1v) is 8.00. The number of sulfone groups is 1. The Balaban J connectivity index is 2.08. The van der Waals surface area contributed by atoms with E-state index in [2.05, 4.69) is 5.32 Å². The smallest absolute Gasteiger partial charge is 0.293 e. The summed E-state index contributed by atoms with van der Waals surface area (Å²) < 4.78 is 22.6. The lowest BCUT2D eigenvalue weighted by Crippen LogP contribution is -2.43. The summed E-state index contributed by atoms with van der Waals surface area (Å²) in [6.07, 6.45) is 2.15. The van der Waals surface area contributed by atoms with Crippen LogP contribution in [-0.4, -0.2) is 30.9 Å². The highest BCUT2D eigenvalue weighted by molar-refractivity contribution is 7.91. The van der Waals surface area contributed by atoms with Crippen LogP contribution in [0.4, 0.5) is 11.4 Å². The molecule has 0 spiro atoms. The van der Waals surface area contributed by atoms with E-state index >= 15 is 0 Å². The van der Waals surface area contributed by atoms with E-state index in [9.17, 15) is 18.5 Å². The first-order chi connectivity index (χ1) is 8.77. The molecule has 1 N–H and O–H groups in total. The summed E-state index contributed by atoms with van der Waals surface area (Å²) >= 11 is 5.72. The van der Waals surface area contributed by atoms with Crippen molar-refractivity contribution >= 4 is 32.8 Å². The Bertz CT molecular complexity index is 611. The van der Waals surface area contributed by atoms with E-state index in [1.165, 1.54) is 18.4 Å². The highest BCUT2D eigenvalue weighted by Gasteiger charge is 2.36. The van der Waals surface area contributed by atoms with Gasteiger partial charge in [0.1, 0.15) is 15.5 Å². The summed E-state index contributed by atoms with van der Waals surface area (Å²) in [5.74, 6) is 0. The van der Waals surface area contributed by atoms with Gasteiger partial charge < -0.3 is 5.32 Å². The Morgan fingerprint density at radius 2 is 2.05 bits per heavy atom. The number of anilines is 1. The van der Waals surface area contributed by atoms with Crippen molar-refractivity contribution < 1.29 is 13.3 Å². The van der Waals surface area contributed by atoms with Gasteiger partial charge in [-0.1, -0.05) is 11.6 Å². The Morgan fingerprint density at radius 1 is 1.42 bits per heavy atom. The van der Waals surface area contributed by atoms with E-state index in [4.69, 9.17) is 11.6 Å². The Kier molecular flexibility index (Phi) is 3.69.